The zero-order valence-corrected chi connectivity index (χ0v) is 6.30. The van der Waals surface area contributed by atoms with Crippen molar-refractivity contribution < 1.29 is 18.0 Å². The van der Waals surface area contributed by atoms with Gasteiger partial charge in [-0.1, -0.05) is 0 Å². The minimum Gasteiger partial charge on any atom is -0.301 e. The Morgan fingerprint density at radius 3 is 2.50 bits per heavy atom. The molecule has 0 radical (unpaired) electrons. The van der Waals surface area contributed by atoms with Crippen molar-refractivity contribution in [1.29, 1.82) is 0 Å². The highest BCUT2D eigenvalue weighted by Crippen LogP contribution is 2.25. The molecule has 0 amide bonds. The quantitative estimate of drug-likeness (QED) is 0.559. The number of hydrazone groups is 1. The number of hydrogen-bond donors (Lipinski definition) is 0. The molecule has 0 spiro atoms. The van der Waals surface area contributed by atoms with E-state index in [-0.39, 0.29) is 6.42 Å². The predicted octanol–water partition coefficient (Wildman–Crippen LogP) is 0.808. The van der Waals surface area contributed by atoms with Gasteiger partial charge in [-0.15, -0.1) is 0 Å². The molecule has 68 valence electrons. The molecule has 1 atom stereocenters. The molecule has 1 unspecified atom stereocenters. The first-order valence-electron chi connectivity index (χ1n) is 3.28. The van der Waals surface area contributed by atoms with Crippen molar-refractivity contribution in [3.63, 3.8) is 0 Å². The Balaban J connectivity index is 2.74. The van der Waals surface area contributed by atoms with E-state index in [2.05, 4.69) is 5.10 Å². The lowest BCUT2D eigenvalue weighted by Crippen LogP contribution is -2.25. The molecule has 0 fully saturated rings. The number of halogens is 3. The summed E-state index contributed by atoms with van der Waals surface area (Å²) in [5.41, 5.74) is -0.887. The maximum absolute atomic E-state index is 12.0. The second kappa shape index (κ2) is 2.76. The Morgan fingerprint density at radius 1 is 1.67 bits per heavy atom. The van der Waals surface area contributed by atoms with Crippen LogP contribution in [-0.2, 0) is 4.79 Å². The fourth-order valence-electron chi connectivity index (χ4n) is 0.944. The van der Waals surface area contributed by atoms with Crippen LogP contribution in [0, 0.1) is 0 Å². The van der Waals surface area contributed by atoms with E-state index in [0.29, 0.717) is 6.29 Å². The molecule has 3 nitrogen and oxygen atoms in total. The highest BCUT2D eigenvalue weighted by Gasteiger charge is 2.41. The summed E-state index contributed by atoms with van der Waals surface area (Å²) < 4.78 is 35.9. The van der Waals surface area contributed by atoms with Crippen LogP contribution in [-0.4, -0.2) is 36.3 Å². The zero-order chi connectivity index (χ0) is 9.35. The maximum atomic E-state index is 12.0. The molecule has 1 aliphatic rings. The topological polar surface area (TPSA) is 32.7 Å². The van der Waals surface area contributed by atoms with Crippen LogP contribution in [0.1, 0.15) is 6.42 Å². The second-order valence-electron chi connectivity index (χ2n) is 2.53. The molecule has 0 bridgehead atoms. The third-order valence-corrected chi connectivity index (χ3v) is 1.65. The van der Waals surface area contributed by atoms with Crippen molar-refractivity contribution in [3.05, 3.63) is 0 Å². The Morgan fingerprint density at radius 2 is 2.25 bits per heavy atom. The molecule has 0 saturated heterocycles. The summed E-state index contributed by atoms with van der Waals surface area (Å²) in [4.78, 5) is 10.2. The number of rotatable bonds is 1. The van der Waals surface area contributed by atoms with E-state index in [4.69, 9.17) is 0 Å². The third kappa shape index (κ3) is 1.57. The van der Waals surface area contributed by atoms with Crippen LogP contribution in [0.2, 0.25) is 0 Å². The molecule has 0 N–H and O–H groups in total. The largest absolute Gasteiger partial charge is 0.431 e. The minimum absolute atomic E-state index is 0.344. The number of hydrogen-bond acceptors (Lipinski definition) is 3. The summed E-state index contributed by atoms with van der Waals surface area (Å²) in [7, 11) is 1.35. The predicted molar refractivity (Wildman–Crippen MR) is 35.7 cm³/mol. The fraction of sp³-hybridized carbons (Fsp3) is 0.667. The van der Waals surface area contributed by atoms with Crippen molar-refractivity contribution in [1.82, 2.24) is 5.01 Å². The Bertz CT molecular complexity index is 223. The molecule has 1 rings (SSSR count). The van der Waals surface area contributed by atoms with Crippen LogP contribution in [0.3, 0.4) is 0 Å². The van der Waals surface area contributed by atoms with Gasteiger partial charge in [-0.3, -0.25) is 5.01 Å². The summed E-state index contributed by atoms with van der Waals surface area (Å²) >= 11 is 0. The van der Waals surface area contributed by atoms with Crippen molar-refractivity contribution in [2.24, 2.45) is 5.10 Å². The van der Waals surface area contributed by atoms with Crippen molar-refractivity contribution in [3.8, 4) is 0 Å². The number of likely N-dealkylation sites (N-methyl/N-ethyl adjacent to an activating group) is 1. The first-order valence-corrected chi connectivity index (χ1v) is 3.28. The van der Waals surface area contributed by atoms with Crippen LogP contribution in [0.5, 0.6) is 0 Å². The molecule has 0 aromatic carbocycles. The Hall–Kier alpha value is -1.07. The summed E-state index contributed by atoms with van der Waals surface area (Å²) in [5, 5.41) is 4.23. The van der Waals surface area contributed by atoms with Gasteiger partial charge >= 0.3 is 6.18 Å². The Kier molecular flexibility index (Phi) is 2.08. The van der Waals surface area contributed by atoms with E-state index in [1.54, 1.807) is 0 Å². The lowest BCUT2D eigenvalue weighted by molar-refractivity contribution is -0.111. The summed E-state index contributed by atoms with van der Waals surface area (Å²) in [6, 6.07) is -0.762. The number of carbonyl (C=O) groups excluding carboxylic acids is 1. The monoisotopic (exact) mass is 180 g/mol. The maximum Gasteiger partial charge on any atom is 0.431 e. The van der Waals surface area contributed by atoms with Crippen molar-refractivity contribution >= 4 is 12.0 Å². The smallest absolute Gasteiger partial charge is 0.301 e. The van der Waals surface area contributed by atoms with E-state index in [1.165, 1.54) is 7.05 Å². The van der Waals surface area contributed by atoms with Gasteiger partial charge in [0.15, 0.2) is 0 Å². The van der Waals surface area contributed by atoms with Gasteiger partial charge in [0.1, 0.15) is 18.0 Å². The molecule has 6 heteroatoms. The highest BCUT2D eigenvalue weighted by molar-refractivity contribution is 5.93. The number of alkyl halides is 3. The standard InChI is InChI=1S/C6H7F3N2O/c1-11-4(3-12)2-5(10-11)6(7,8)9/h3-4H,2H2,1H3. The normalized spacial score (nSPS) is 24.2. The van der Waals surface area contributed by atoms with Gasteiger partial charge in [0.25, 0.3) is 0 Å². The molecule has 0 aromatic heterocycles. The third-order valence-electron chi connectivity index (χ3n) is 1.65. The molecule has 12 heavy (non-hydrogen) atoms. The summed E-state index contributed by atoms with van der Waals surface area (Å²) in [6.45, 7) is 0. The SMILES string of the molecule is CN1N=C(C(F)(F)F)CC1C=O. The first kappa shape index (κ1) is 9.02. The molecule has 1 heterocycles. The average molecular weight is 180 g/mol. The van der Waals surface area contributed by atoms with Crippen LogP contribution in [0.4, 0.5) is 13.2 Å². The summed E-state index contributed by atoms with van der Waals surface area (Å²) in [6.07, 6.45) is -4.29. The van der Waals surface area contributed by atoms with Gasteiger partial charge in [0.05, 0.1) is 0 Å². The van der Waals surface area contributed by atoms with Crippen molar-refractivity contribution in [2.45, 2.75) is 18.6 Å². The van der Waals surface area contributed by atoms with Crippen LogP contribution in [0.15, 0.2) is 5.10 Å². The van der Waals surface area contributed by atoms with E-state index in [1.807, 2.05) is 0 Å². The molecule has 0 aliphatic carbocycles. The van der Waals surface area contributed by atoms with Crippen molar-refractivity contribution in [2.75, 3.05) is 7.05 Å². The van der Waals surface area contributed by atoms with Gasteiger partial charge in [0.2, 0.25) is 0 Å². The van der Waals surface area contributed by atoms with Crippen LogP contribution < -0.4 is 0 Å². The van der Waals surface area contributed by atoms with E-state index >= 15 is 0 Å². The van der Waals surface area contributed by atoms with Gasteiger partial charge in [-0.25, -0.2) is 0 Å². The minimum atomic E-state index is -4.41. The lowest BCUT2D eigenvalue weighted by atomic mass is 10.2. The van der Waals surface area contributed by atoms with E-state index in [0.717, 1.165) is 5.01 Å². The lowest BCUT2D eigenvalue weighted by Gasteiger charge is -2.10. The molecule has 0 saturated carbocycles. The fourth-order valence-corrected chi connectivity index (χ4v) is 0.944. The molecule has 1 aliphatic heterocycles. The number of aldehydes is 1. The molecular formula is C6H7F3N2O. The second-order valence-corrected chi connectivity index (χ2v) is 2.53. The number of nitrogens with zero attached hydrogens (tertiary/aromatic N) is 2. The molecule has 0 aromatic rings. The summed E-state index contributed by atoms with van der Waals surface area (Å²) in [5.74, 6) is 0. The number of carbonyl (C=O) groups is 1. The van der Waals surface area contributed by atoms with Gasteiger partial charge < -0.3 is 4.79 Å². The Labute approximate surface area is 66.8 Å². The first-order chi connectivity index (χ1) is 5.45. The van der Waals surface area contributed by atoms with E-state index < -0.39 is 17.9 Å². The van der Waals surface area contributed by atoms with Gasteiger partial charge in [-0.2, -0.15) is 18.3 Å². The highest BCUT2D eigenvalue weighted by atomic mass is 19.4. The zero-order valence-electron chi connectivity index (χ0n) is 6.30. The van der Waals surface area contributed by atoms with Crippen LogP contribution >= 0.6 is 0 Å². The van der Waals surface area contributed by atoms with E-state index in [9.17, 15) is 18.0 Å². The van der Waals surface area contributed by atoms with Crippen LogP contribution in [0.25, 0.3) is 0 Å². The molecular weight excluding hydrogens is 173 g/mol. The van der Waals surface area contributed by atoms with Gasteiger partial charge in [0, 0.05) is 13.5 Å². The van der Waals surface area contributed by atoms with Gasteiger partial charge in [-0.05, 0) is 0 Å². The average Bonchev–Trinajstić information content (AvgIpc) is 2.29.